The van der Waals surface area contributed by atoms with Gasteiger partial charge in [-0.3, -0.25) is 0 Å². The van der Waals surface area contributed by atoms with Crippen LogP contribution < -0.4 is 0 Å². The van der Waals surface area contributed by atoms with Gasteiger partial charge >= 0.3 is 9.53 Å². The molecule has 0 aliphatic heterocycles. The maximum atomic E-state index is 5.80. The van der Waals surface area contributed by atoms with E-state index < -0.39 is 9.53 Å². The first kappa shape index (κ1) is 11.4. The van der Waals surface area contributed by atoms with Crippen LogP contribution in [0.15, 0.2) is 0 Å². The molecule has 1 atom stereocenters. The van der Waals surface area contributed by atoms with Crippen LogP contribution in [0.2, 0.25) is 0 Å². The summed E-state index contributed by atoms with van der Waals surface area (Å²) in [5.41, 5.74) is 0. The van der Waals surface area contributed by atoms with Gasteiger partial charge < -0.3 is 13.3 Å². The summed E-state index contributed by atoms with van der Waals surface area (Å²) in [5, 5.41) is 0.0558. The lowest BCUT2D eigenvalue weighted by Gasteiger charge is -2.11. The van der Waals surface area contributed by atoms with Crippen molar-refractivity contribution in [2.24, 2.45) is 0 Å². The van der Waals surface area contributed by atoms with Gasteiger partial charge in [0.1, 0.15) is 0 Å². The Morgan fingerprint density at radius 1 is 1.36 bits per heavy atom. The van der Waals surface area contributed by atoms with E-state index in [2.05, 4.69) is 0 Å². The van der Waals surface area contributed by atoms with Gasteiger partial charge in [0, 0.05) is 14.2 Å². The molecule has 0 saturated carbocycles. The predicted molar refractivity (Wildman–Crippen MR) is 45.7 cm³/mol. The molecule has 0 amide bonds. The van der Waals surface area contributed by atoms with Crippen LogP contribution in [-0.4, -0.2) is 35.7 Å². The Morgan fingerprint density at radius 2 is 1.91 bits per heavy atom. The maximum Gasteiger partial charge on any atom is 0.577 e. The van der Waals surface area contributed by atoms with Gasteiger partial charge in [-0.05, 0) is 6.42 Å². The molecule has 0 rings (SSSR count). The Labute approximate surface area is 74.6 Å². The fourth-order valence-electron chi connectivity index (χ4n) is 0.477. The van der Waals surface area contributed by atoms with Gasteiger partial charge in [0.2, 0.25) is 0 Å². The lowest BCUT2D eigenvalue weighted by molar-refractivity contribution is 0.135. The summed E-state index contributed by atoms with van der Waals surface area (Å²) >= 11 is 5.80. The summed E-state index contributed by atoms with van der Waals surface area (Å²) in [6, 6.07) is 0. The number of hydrogen-bond donors (Lipinski definition) is 0. The van der Waals surface area contributed by atoms with Crippen LogP contribution in [-0.2, 0) is 13.3 Å². The summed E-state index contributed by atoms with van der Waals surface area (Å²) in [5.74, 6) is 0. The van der Waals surface area contributed by atoms with E-state index in [0.717, 1.165) is 6.42 Å². The molecule has 0 aliphatic rings. The number of rotatable bonds is 6. The largest absolute Gasteiger partial charge is 0.577 e. The summed E-state index contributed by atoms with van der Waals surface area (Å²) in [6.45, 7) is 2.50. The van der Waals surface area contributed by atoms with Gasteiger partial charge in [-0.25, -0.2) is 0 Å². The highest BCUT2D eigenvalue weighted by molar-refractivity contribution is 6.36. The highest BCUT2D eigenvalue weighted by atomic mass is 35.5. The molecule has 0 aromatic carbocycles. The summed E-state index contributed by atoms with van der Waals surface area (Å²) in [7, 11) is 1.61. The molecule has 0 bridgehead atoms. The van der Waals surface area contributed by atoms with Crippen LogP contribution in [0.4, 0.5) is 0 Å². The molecule has 0 spiro atoms. The van der Waals surface area contributed by atoms with Crippen LogP contribution in [0.1, 0.15) is 13.3 Å². The minimum Gasteiger partial charge on any atom is -0.375 e. The molecule has 0 aromatic heterocycles. The van der Waals surface area contributed by atoms with E-state index in [1.165, 1.54) is 0 Å². The minimum absolute atomic E-state index is 0.0558. The molecule has 1 radical (unpaired) electrons. The van der Waals surface area contributed by atoms with Crippen molar-refractivity contribution in [1.29, 1.82) is 0 Å². The lowest BCUT2D eigenvalue weighted by Crippen LogP contribution is -2.26. The molecule has 11 heavy (non-hydrogen) atoms. The standard InChI is InChI=1S/C6H14ClO3Si/c1-4-6(7)5-10-11(8-2)9-3/h6H,4-5H2,1-3H3. The first-order valence-corrected chi connectivity index (χ1v) is 5.12. The first-order chi connectivity index (χ1) is 5.24. The Morgan fingerprint density at radius 3 is 2.27 bits per heavy atom. The third-order valence-corrected chi connectivity index (χ3v) is 2.66. The van der Waals surface area contributed by atoms with Crippen LogP contribution in [0.25, 0.3) is 0 Å². The second-order valence-corrected chi connectivity index (χ2v) is 4.20. The van der Waals surface area contributed by atoms with E-state index in [4.69, 9.17) is 24.9 Å². The Hall–Kier alpha value is 0.387. The molecule has 0 aliphatic carbocycles. The van der Waals surface area contributed by atoms with Crippen LogP contribution in [0.5, 0.6) is 0 Å². The molecular weight excluding hydrogens is 184 g/mol. The van der Waals surface area contributed by atoms with E-state index >= 15 is 0 Å². The van der Waals surface area contributed by atoms with Gasteiger partial charge in [-0.2, -0.15) is 0 Å². The zero-order chi connectivity index (χ0) is 8.69. The van der Waals surface area contributed by atoms with Crippen molar-refractivity contribution in [2.75, 3.05) is 20.8 Å². The third kappa shape index (κ3) is 5.63. The van der Waals surface area contributed by atoms with Crippen LogP contribution >= 0.6 is 11.6 Å². The topological polar surface area (TPSA) is 27.7 Å². The molecular formula is C6H14ClO3Si. The Bertz CT molecular complexity index is 89.9. The van der Waals surface area contributed by atoms with E-state index in [0.29, 0.717) is 6.61 Å². The predicted octanol–water partition coefficient (Wildman–Crippen LogP) is 1.30. The molecule has 5 heteroatoms. The second kappa shape index (κ2) is 7.06. The average Bonchev–Trinajstić information content (AvgIpc) is 2.06. The number of hydrogen-bond acceptors (Lipinski definition) is 3. The number of alkyl halides is 1. The van der Waals surface area contributed by atoms with Crippen LogP contribution in [0, 0.1) is 0 Å². The molecule has 0 aromatic rings. The van der Waals surface area contributed by atoms with E-state index in [-0.39, 0.29) is 5.38 Å². The van der Waals surface area contributed by atoms with Crippen molar-refractivity contribution in [3.8, 4) is 0 Å². The van der Waals surface area contributed by atoms with Crippen molar-refractivity contribution in [1.82, 2.24) is 0 Å². The maximum absolute atomic E-state index is 5.80. The van der Waals surface area contributed by atoms with E-state index in [1.54, 1.807) is 14.2 Å². The second-order valence-electron chi connectivity index (χ2n) is 1.97. The number of halogens is 1. The summed E-state index contributed by atoms with van der Waals surface area (Å²) in [6.07, 6.45) is 0.893. The van der Waals surface area contributed by atoms with Crippen molar-refractivity contribution in [3.63, 3.8) is 0 Å². The lowest BCUT2D eigenvalue weighted by atomic mass is 10.4. The third-order valence-electron chi connectivity index (χ3n) is 1.16. The van der Waals surface area contributed by atoms with E-state index in [9.17, 15) is 0 Å². The molecule has 0 N–H and O–H groups in total. The fraction of sp³-hybridized carbons (Fsp3) is 1.00. The van der Waals surface area contributed by atoms with Crippen molar-refractivity contribution >= 4 is 21.1 Å². The normalized spacial score (nSPS) is 13.9. The SMILES string of the molecule is CCC(Cl)CO[Si](OC)OC. The van der Waals surface area contributed by atoms with Crippen LogP contribution in [0.3, 0.4) is 0 Å². The van der Waals surface area contributed by atoms with Gasteiger partial charge in [-0.15, -0.1) is 11.6 Å². The van der Waals surface area contributed by atoms with E-state index in [1.807, 2.05) is 6.92 Å². The summed E-state index contributed by atoms with van der Waals surface area (Å²) < 4.78 is 15.0. The fourth-order valence-corrected chi connectivity index (χ4v) is 1.39. The monoisotopic (exact) mass is 197 g/mol. The van der Waals surface area contributed by atoms with Gasteiger partial charge in [0.25, 0.3) is 0 Å². The quantitative estimate of drug-likeness (QED) is 0.475. The zero-order valence-electron chi connectivity index (χ0n) is 7.09. The smallest absolute Gasteiger partial charge is 0.375 e. The minimum atomic E-state index is -1.51. The zero-order valence-corrected chi connectivity index (χ0v) is 8.85. The van der Waals surface area contributed by atoms with Gasteiger partial charge in [0.15, 0.2) is 0 Å². The summed E-state index contributed by atoms with van der Waals surface area (Å²) in [4.78, 5) is 0. The van der Waals surface area contributed by atoms with Gasteiger partial charge in [-0.1, -0.05) is 6.92 Å². The van der Waals surface area contributed by atoms with Gasteiger partial charge in [0.05, 0.1) is 12.0 Å². The molecule has 0 saturated heterocycles. The van der Waals surface area contributed by atoms with Crippen molar-refractivity contribution in [3.05, 3.63) is 0 Å². The average molecular weight is 198 g/mol. The highest BCUT2D eigenvalue weighted by Crippen LogP contribution is 2.02. The van der Waals surface area contributed by atoms with Crippen molar-refractivity contribution in [2.45, 2.75) is 18.7 Å². The Kier molecular flexibility index (Phi) is 7.31. The molecule has 0 fully saturated rings. The molecule has 67 valence electrons. The van der Waals surface area contributed by atoms with Crippen molar-refractivity contribution < 1.29 is 13.3 Å². The first-order valence-electron chi connectivity index (χ1n) is 3.46. The highest BCUT2D eigenvalue weighted by Gasteiger charge is 2.16. The molecule has 0 heterocycles. The molecule has 3 nitrogen and oxygen atoms in total. The Balaban J connectivity index is 3.34. The molecule has 1 unspecified atom stereocenters.